The third-order valence-electron chi connectivity index (χ3n) is 4.73. The average molecular weight is 362 g/mol. The van der Waals surface area contributed by atoms with Gasteiger partial charge in [0.1, 0.15) is 11.3 Å². The van der Waals surface area contributed by atoms with Crippen molar-refractivity contribution in [2.24, 2.45) is 0 Å². The zero-order valence-corrected chi connectivity index (χ0v) is 15.3. The van der Waals surface area contributed by atoms with Gasteiger partial charge >= 0.3 is 6.01 Å². The minimum atomic E-state index is -1.17. The minimum absolute atomic E-state index is 0.138. The van der Waals surface area contributed by atoms with Crippen LogP contribution in [0.15, 0.2) is 10.7 Å². The number of nitrogens with zero attached hydrogens (tertiary/aromatic N) is 4. The second-order valence-electron chi connectivity index (χ2n) is 6.30. The zero-order chi connectivity index (χ0) is 18.9. The molecule has 0 aliphatic carbocycles. The summed E-state index contributed by atoms with van der Waals surface area (Å²) < 4.78 is 15.3. The van der Waals surface area contributed by atoms with Crippen LogP contribution >= 0.6 is 0 Å². The zero-order valence-electron chi connectivity index (χ0n) is 15.3. The Hall–Kier alpha value is -2.68. The summed E-state index contributed by atoms with van der Waals surface area (Å²) in [6, 6.07) is 0.167. The molecule has 1 fully saturated rings. The van der Waals surface area contributed by atoms with Gasteiger partial charge in [-0.25, -0.2) is 4.98 Å². The Morgan fingerprint density at radius 2 is 1.96 bits per heavy atom. The maximum Gasteiger partial charge on any atom is 0.319 e. The lowest BCUT2D eigenvalue weighted by Crippen LogP contribution is -2.45. The van der Waals surface area contributed by atoms with Crippen LogP contribution < -0.4 is 9.47 Å². The van der Waals surface area contributed by atoms with Crippen LogP contribution in [0.3, 0.4) is 0 Å². The summed E-state index contributed by atoms with van der Waals surface area (Å²) in [5.74, 6) is 0.629. The molecule has 1 N–H and O–H groups in total. The number of ether oxygens (including phenoxy) is 2. The van der Waals surface area contributed by atoms with E-state index in [1.807, 2.05) is 0 Å². The van der Waals surface area contributed by atoms with Crippen molar-refractivity contribution in [2.45, 2.75) is 32.3 Å². The number of carbonyl (C=O) groups is 1. The highest BCUT2D eigenvalue weighted by atomic mass is 16.5. The van der Waals surface area contributed by atoms with E-state index in [4.69, 9.17) is 14.0 Å². The number of aromatic nitrogens is 3. The Labute approximate surface area is 150 Å². The van der Waals surface area contributed by atoms with Gasteiger partial charge in [-0.2, -0.15) is 4.98 Å². The van der Waals surface area contributed by atoms with Crippen molar-refractivity contribution < 1.29 is 23.9 Å². The van der Waals surface area contributed by atoms with Gasteiger partial charge in [0.15, 0.2) is 0 Å². The first kappa shape index (κ1) is 18.1. The molecule has 0 atom stereocenters. The molecule has 1 aliphatic rings. The van der Waals surface area contributed by atoms with Gasteiger partial charge in [-0.3, -0.25) is 4.79 Å². The van der Waals surface area contributed by atoms with Gasteiger partial charge in [-0.05, 0) is 26.7 Å². The molecule has 2 aromatic heterocycles. The predicted octanol–water partition coefficient (Wildman–Crippen LogP) is 1.22. The molecule has 0 spiro atoms. The summed E-state index contributed by atoms with van der Waals surface area (Å²) >= 11 is 0. The molecule has 1 saturated heterocycles. The normalized spacial score (nSPS) is 16.4. The number of methoxy groups -OCH3 is 2. The van der Waals surface area contributed by atoms with Crippen LogP contribution in [0, 0.1) is 13.8 Å². The molecule has 26 heavy (non-hydrogen) atoms. The molecule has 0 bridgehead atoms. The van der Waals surface area contributed by atoms with Crippen molar-refractivity contribution in [3.05, 3.63) is 28.8 Å². The third kappa shape index (κ3) is 3.10. The SMILES string of the molecule is COc1ncc(C2(O)CCN(C(=O)c3c(C)noc3C)CC2)c(OC)n1. The molecule has 3 heterocycles. The van der Waals surface area contributed by atoms with E-state index in [1.165, 1.54) is 20.4 Å². The Kier molecular flexibility index (Phi) is 4.82. The second kappa shape index (κ2) is 6.91. The van der Waals surface area contributed by atoms with Gasteiger partial charge in [0, 0.05) is 19.3 Å². The van der Waals surface area contributed by atoms with E-state index in [-0.39, 0.29) is 17.8 Å². The van der Waals surface area contributed by atoms with Crippen LogP contribution in [-0.2, 0) is 5.60 Å². The van der Waals surface area contributed by atoms with Gasteiger partial charge in [0.2, 0.25) is 5.88 Å². The first-order chi connectivity index (χ1) is 12.4. The number of rotatable bonds is 4. The van der Waals surface area contributed by atoms with E-state index < -0.39 is 5.60 Å². The van der Waals surface area contributed by atoms with E-state index in [0.29, 0.717) is 48.5 Å². The summed E-state index contributed by atoms with van der Waals surface area (Å²) in [6.45, 7) is 4.22. The Bertz CT molecular complexity index is 792. The first-order valence-corrected chi connectivity index (χ1v) is 8.29. The van der Waals surface area contributed by atoms with Crippen LogP contribution in [0.25, 0.3) is 0 Å². The number of aliphatic hydroxyl groups is 1. The monoisotopic (exact) mass is 362 g/mol. The summed E-state index contributed by atoms with van der Waals surface area (Å²) in [4.78, 5) is 22.6. The van der Waals surface area contributed by atoms with Gasteiger partial charge in [-0.1, -0.05) is 5.16 Å². The van der Waals surface area contributed by atoms with E-state index in [0.717, 1.165) is 0 Å². The Morgan fingerprint density at radius 3 is 2.50 bits per heavy atom. The fourth-order valence-corrected chi connectivity index (χ4v) is 3.22. The molecule has 0 saturated carbocycles. The van der Waals surface area contributed by atoms with E-state index >= 15 is 0 Å². The minimum Gasteiger partial charge on any atom is -0.481 e. The lowest BCUT2D eigenvalue weighted by Gasteiger charge is -2.38. The Balaban J connectivity index is 1.78. The van der Waals surface area contributed by atoms with Crippen LogP contribution in [-0.4, -0.2) is 58.3 Å². The molecule has 3 rings (SSSR count). The highest BCUT2D eigenvalue weighted by Gasteiger charge is 2.39. The number of amides is 1. The van der Waals surface area contributed by atoms with Crippen molar-refractivity contribution >= 4 is 5.91 Å². The third-order valence-corrected chi connectivity index (χ3v) is 4.73. The van der Waals surface area contributed by atoms with Crippen LogP contribution in [0.2, 0.25) is 0 Å². The van der Waals surface area contributed by atoms with Gasteiger partial charge < -0.3 is 24.0 Å². The van der Waals surface area contributed by atoms with Gasteiger partial charge in [0.05, 0.1) is 31.1 Å². The maximum absolute atomic E-state index is 12.7. The van der Waals surface area contributed by atoms with E-state index in [9.17, 15) is 9.90 Å². The molecule has 140 valence electrons. The van der Waals surface area contributed by atoms with E-state index in [2.05, 4.69) is 15.1 Å². The fraction of sp³-hybridized carbons (Fsp3) is 0.529. The molecule has 0 unspecified atom stereocenters. The van der Waals surface area contributed by atoms with Gasteiger partial charge in [0.25, 0.3) is 5.91 Å². The number of aryl methyl sites for hydroxylation is 2. The topological polar surface area (TPSA) is 111 Å². The lowest BCUT2D eigenvalue weighted by molar-refractivity contribution is -0.0234. The largest absolute Gasteiger partial charge is 0.481 e. The standard InChI is InChI=1S/C17H22N4O5/c1-10-13(11(2)26-20-10)15(22)21-7-5-17(23,6-8-21)12-9-18-16(25-4)19-14(12)24-3/h9,23H,5-8H2,1-4H3. The molecular formula is C17H22N4O5. The van der Waals surface area contributed by atoms with Crippen LogP contribution in [0.4, 0.5) is 0 Å². The Morgan fingerprint density at radius 1 is 1.27 bits per heavy atom. The predicted molar refractivity (Wildman–Crippen MR) is 90.1 cm³/mol. The number of hydrogen-bond donors (Lipinski definition) is 1. The highest BCUT2D eigenvalue weighted by Crippen LogP contribution is 2.37. The maximum atomic E-state index is 12.7. The first-order valence-electron chi connectivity index (χ1n) is 8.29. The molecule has 9 heteroatoms. The molecule has 1 aliphatic heterocycles. The molecule has 1 amide bonds. The number of carbonyl (C=O) groups excluding carboxylic acids is 1. The molecule has 2 aromatic rings. The second-order valence-corrected chi connectivity index (χ2v) is 6.30. The quantitative estimate of drug-likeness (QED) is 0.864. The fourth-order valence-electron chi connectivity index (χ4n) is 3.22. The molecule has 0 aromatic carbocycles. The van der Waals surface area contributed by atoms with Crippen LogP contribution in [0.1, 0.15) is 40.2 Å². The van der Waals surface area contributed by atoms with Crippen molar-refractivity contribution in [1.82, 2.24) is 20.0 Å². The smallest absolute Gasteiger partial charge is 0.319 e. The van der Waals surface area contributed by atoms with Gasteiger partial charge in [-0.15, -0.1) is 0 Å². The lowest BCUT2D eigenvalue weighted by atomic mass is 9.85. The number of piperidine rings is 1. The van der Waals surface area contributed by atoms with Crippen molar-refractivity contribution in [3.63, 3.8) is 0 Å². The number of likely N-dealkylation sites (tertiary alicyclic amines) is 1. The van der Waals surface area contributed by atoms with Crippen molar-refractivity contribution in [2.75, 3.05) is 27.3 Å². The summed E-state index contributed by atoms with van der Waals surface area (Å²) in [5.41, 5.74) is 0.372. The summed E-state index contributed by atoms with van der Waals surface area (Å²) in [6.07, 6.45) is 2.19. The number of hydrogen-bond acceptors (Lipinski definition) is 8. The molecule has 9 nitrogen and oxygen atoms in total. The summed E-state index contributed by atoms with van der Waals surface area (Å²) in [5, 5.41) is 14.9. The highest BCUT2D eigenvalue weighted by molar-refractivity contribution is 5.96. The molecular weight excluding hydrogens is 340 g/mol. The van der Waals surface area contributed by atoms with Crippen LogP contribution in [0.5, 0.6) is 11.9 Å². The summed E-state index contributed by atoms with van der Waals surface area (Å²) in [7, 11) is 2.94. The average Bonchev–Trinajstić information content (AvgIpc) is 2.99. The molecule has 0 radical (unpaired) electrons. The van der Waals surface area contributed by atoms with E-state index in [1.54, 1.807) is 18.7 Å². The van der Waals surface area contributed by atoms with Crippen molar-refractivity contribution in [3.8, 4) is 11.9 Å². The van der Waals surface area contributed by atoms with Crippen molar-refractivity contribution in [1.29, 1.82) is 0 Å².